The largest absolute Gasteiger partial charge is 0.439 e. The van der Waals surface area contributed by atoms with Gasteiger partial charge in [-0.1, -0.05) is 24.6 Å². The van der Waals surface area contributed by atoms with Crippen LogP contribution in [0.1, 0.15) is 60.5 Å². The number of alkyl halides is 3. The number of carbonyl (C=O) groups is 1. The first-order chi connectivity index (χ1) is 18.8. The Morgan fingerprint density at radius 3 is 2.49 bits per heavy atom. The van der Waals surface area contributed by atoms with Crippen molar-refractivity contribution in [1.29, 1.82) is 0 Å². The quantitative estimate of drug-likeness (QED) is 0.281. The lowest BCUT2D eigenvalue weighted by atomic mass is 9.84. The number of allylic oxidation sites excluding steroid dienone is 2. The molecule has 6 nitrogen and oxygen atoms in total. The zero-order valence-corrected chi connectivity index (χ0v) is 21.3. The summed E-state index contributed by atoms with van der Waals surface area (Å²) in [7, 11) is 0. The standard InChI is InChI=1S/C30H27F3N4O2/c1-2-25(20-5-3-6-24(15-20)39-28-13-10-22(18-36-28)30(31,32)33)19-8-11-23(12-9-19)37-29(38)21-16-27-26(35-17-21)7-4-14-34-27/h3-7,10,13-18,23H,2,8-9,11-12H2,1H3,(H,37,38). The maximum Gasteiger partial charge on any atom is 0.417 e. The van der Waals surface area contributed by atoms with Crippen LogP contribution in [-0.4, -0.2) is 26.9 Å². The Hall–Kier alpha value is -4.27. The molecule has 1 amide bonds. The number of fused-ring (bicyclic) bond motifs is 1. The smallest absolute Gasteiger partial charge is 0.417 e. The molecule has 4 aromatic rings. The molecular weight excluding hydrogens is 505 g/mol. The summed E-state index contributed by atoms with van der Waals surface area (Å²) >= 11 is 0. The number of ether oxygens (including phenoxy) is 1. The van der Waals surface area contributed by atoms with Crippen LogP contribution in [0.15, 0.2) is 78.8 Å². The summed E-state index contributed by atoms with van der Waals surface area (Å²) in [5.41, 5.74) is 4.68. The lowest BCUT2D eigenvalue weighted by molar-refractivity contribution is -0.137. The van der Waals surface area contributed by atoms with Gasteiger partial charge in [0.25, 0.3) is 5.91 Å². The molecule has 1 aliphatic carbocycles. The van der Waals surface area contributed by atoms with Crippen molar-refractivity contribution in [2.24, 2.45) is 0 Å². The molecular formula is C30H27F3N4O2. The first-order valence-electron chi connectivity index (χ1n) is 12.8. The van der Waals surface area contributed by atoms with E-state index >= 15 is 0 Å². The highest BCUT2D eigenvalue weighted by Gasteiger charge is 2.30. The molecule has 200 valence electrons. The fourth-order valence-electron chi connectivity index (χ4n) is 4.89. The van der Waals surface area contributed by atoms with E-state index in [0.717, 1.165) is 55.4 Å². The van der Waals surface area contributed by atoms with Crippen molar-refractivity contribution < 1.29 is 22.7 Å². The van der Waals surface area contributed by atoms with Gasteiger partial charge < -0.3 is 10.1 Å². The normalized spacial score (nSPS) is 15.7. The summed E-state index contributed by atoms with van der Waals surface area (Å²) in [4.78, 5) is 25.2. The van der Waals surface area contributed by atoms with Gasteiger partial charge in [-0.15, -0.1) is 0 Å². The van der Waals surface area contributed by atoms with Crippen molar-refractivity contribution in [2.45, 2.75) is 51.2 Å². The lowest BCUT2D eigenvalue weighted by Crippen LogP contribution is -2.36. The van der Waals surface area contributed by atoms with Crippen molar-refractivity contribution in [3.63, 3.8) is 0 Å². The van der Waals surface area contributed by atoms with Crippen LogP contribution in [0.2, 0.25) is 0 Å². The van der Waals surface area contributed by atoms with Gasteiger partial charge in [-0.3, -0.25) is 14.8 Å². The van der Waals surface area contributed by atoms with Gasteiger partial charge in [0.05, 0.1) is 22.2 Å². The van der Waals surface area contributed by atoms with Crippen LogP contribution in [0.3, 0.4) is 0 Å². The number of halogens is 3. The number of pyridine rings is 3. The van der Waals surface area contributed by atoms with E-state index in [2.05, 4.69) is 27.2 Å². The van der Waals surface area contributed by atoms with Crippen molar-refractivity contribution in [1.82, 2.24) is 20.3 Å². The molecule has 1 fully saturated rings. The average molecular weight is 533 g/mol. The second-order valence-electron chi connectivity index (χ2n) is 9.46. The SMILES string of the molecule is CCC(=C1CCC(NC(=O)c2cnc3cccnc3c2)CC1)c1cccc(Oc2ccc(C(F)(F)F)cn2)c1. The number of benzene rings is 1. The highest BCUT2D eigenvalue weighted by Crippen LogP contribution is 2.35. The predicted molar refractivity (Wildman–Crippen MR) is 142 cm³/mol. The summed E-state index contributed by atoms with van der Waals surface area (Å²) in [6.07, 6.45) is 3.78. The maximum atomic E-state index is 12.8. The Morgan fingerprint density at radius 2 is 1.77 bits per heavy atom. The third-order valence-corrected chi connectivity index (χ3v) is 6.89. The highest BCUT2D eigenvalue weighted by molar-refractivity contribution is 5.96. The van der Waals surface area contributed by atoms with E-state index in [-0.39, 0.29) is 17.8 Å². The molecule has 39 heavy (non-hydrogen) atoms. The van der Waals surface area contributed by atoms with Crippen LogP contribution in [0.4, 0.5) is 13.2 Å². The van der Waals surface area contributed by atoms with Gasteiger partial charge >= 0.3 is 6.18 Å². The Morgan fingerprint density at radius 1 is 0.949 bits per heavy atom. The van der Waals surface area contributed by atoms with Crippen molar-refractivity contribution in [3.05, 3.63) is 95.5 Å². The van der Waals surface area contributed by atoms with E-state index in [0.29, 0.717) is 16.8 Å². The van der Waals surface area contributed by atoms with Gasteiger partial charge in [-0.05, 0) is 79.6 Å². The number of carbonyl (C=O) groups excluding carboxylic acids is 1. The molecule has 1 saturated carbocycles. The van der Waals surface area contributed by atoms with E-state index in [1.54, 1.807) is 24.5 Å². The number of nitrogens with zero attached hydrogens (tertiary/aromatic N) is 3. The number of aromatic nitrogens is 3. The monoisotopic (exact) mass is 532 g/mol. The molecule has 0 radical (unpaired) electrons. The van der Waals surface area contributed by atoms with E-state index < -0.39 is 11.7 Å². The second kappa shape index (κ2) is 11.2. The van der Waals surface area contributed by atoms with Crippen molar-refractivity contribution in [3.8, 4) is 11.6 Å². The molecule has 3 aromatic heterocycles. The second-order valence-corrected chi connectivity index (χ2v) is 9.46. The van der Waals surface area contributed by atoms with Gasteiger partial charge in [-0.2, -0.15) is 13.2 Å². The fourth-order valence-corrected chi connectivity index (χ4v) is 4.89. The van der Waals surface area contributed by atoms with Gasteiger partial charge in [0.15, 0.2) is 0 Å². The molecule has 0 aliphatic heterocycles. The van der Waals surface area contributed by atoms with Crippen LogP contribution in [-0.2, 0) is 6.18 Å². The number of rotatable bonds is 6. The first-order valence-corrected chi connectivity index (χ1v) is 12.8. The summed E-state index contributed by atoms with van der Waals surface area (Å²) in [5, 5.41) is 3.14. The van der Waals surface area contributed by atoms with Crippen LogP contribution >= 0.6 is 0 Å². The Balaban J connectivity index is 1.23. The minimum Gasteiger partial charge on any atom is -0.439 e. The lowest BCUT2D eigenvalue weighted by Gasteiger charge is -2.27. The molecule has 1 aliphatic rings. The molecule has 1 aromatic carbocycles. The Bertz CT molecular complexity index is 1510. The topological polar surface area (TPSA) is 77.0 Å². The highest BCUT2D eigenvalue weighted by atomic mass is 19.4. The molecule has 0 unspecified atom stereocenters. The van der Waals surface area contributed by atoms with Crippen molar-refractivity contribution >= 4 is 22.5 Å². The predicted octanol–water partition coefficient (Wildman–Crippen LogP) is 7.37. The van der Waals surface area contributed by atoms with Gasteiger partial charge in [-0.25, -0.2) is 4.98 Å². The fraction of sp³-hybridized carbons (Fsp3) is 0.267. The van der Waals surface area contributed by atoms with E-state index in [4.69, 9.17) is 4.74 Å². The average Bonchev–Trinajstić information content (AvgIpc) is 2.94. The molecule has 0 atom stereocenters. The van der Waals surface area contributed by atoms with Gasteiger partial charge in [0, 0.05) is 30.7 Å². The third-order valence-electron chi connectivity index (χ3n) is 6.89. The molecule has 0 saturated heterocycles. The van der Waals surface area contributed by atoms with Crippen LogP contribution in [0, 0.1) is 0 Å². The Labute approximate surface area is 224 Å². The molecule has 0 bridgehead atoms. The molecule has 3 heterocycles. The number of amides is 1. The zero-order valence-electron chi connectivity index (χ0n) is 21.3. The maximum absolute atomic E-state index is 12.8. The Kier molecular flexibility index (Phi) is 7.58. The number of hydrogen-bond donors (Lipinski definition) is 1. The molecule has 5 rings (SSSR count). The summed E-state index contributed by atoms with van der Waals surface area (Å²) in [6, 6.07) is 15.2. The van der Waals surface area contributed by atoms with Gasteiger partial charge in [0.2, 0.25) is 5.88 Å². The van der Waals surface area contributed by atoms with Crippen LogP contribution in [0.5, 0.6) is 11.6 Å². The van der Waals surface area contributed by atoms with Crippen molar-refractivity contribution in [2.75, 3.05) is 0 Å². The van der Waals surface area contributed by atoms with E-state index in [9.17, 15) is 18.0 Å². The third kappa shape index (κ3) is 6.25. The van der Waals surface area contributed by atoms with Crippen LogP contribution < -0.4 is 10.1 Å². The van der Waals surface area contributed by atoms with Crippen LogP contribution in [0.25, 0.3) is 16.6 Å². The van der Waals surface area contributed by atoms with E-state index in [1.807, 2.05) is 30.3 Å². The minimum atomic E-state index is -4.44. The minimum absolute atomic E-state index is 0.0687. The summed E-state index contributed by atoms with van der Waals surface area (Å²) in [6.45, 7) is 2.10. The summed E-state index contributed by atoms with van der Waals surface area (Å²) < 4.78 is 44.2. The molecule has 9 heteroatoms. The first kappa shape index (κ1) is 26.3. The van der Waals surface area contributed by atoms with E-state index in [1.165, 1.54) is 17.2 Å². The summed E-state index contributed by atoms with van der Waals surface area (Å²) in [5.74, 6) is 0.454. The molecule has 1 N–H and O–H groups in total. The number of hydrogen-bond acceptors (Lipinski definition) is 5. The number of nitrogens with one attached hydrogen (secondary N) is 1. The molecule has 0 spiro atoms. The van der Waals surface area contributed by atoms with Gasteiger partial charge in [0.1, 0.15) is 5.75 Å². The zero-order chi connectivity index (χ0) is 27.4.